The third kappa shape index (κ3) is 2.47. The van der Waals surface area contributed by atoms with Crippen LogP contribution in [-0.2, 0) is 11.2 Å². The highest BCUT2D eigenvalue weighted by atomic mass is 32.1. The van der Waals surface area contributed by atoms with Crippen molar-refractivity contribution >= 4 is 17.3 Å². The van der Waals surface area contributed by atoms with Crippen LogP contribution in [0.15, 0.2) is 23.7 Å². The van der Waals surface area contributed by atoms with E-state index >= 15 is 0 Å². The van der Waals surface area contributed by atoms with Gasteiger partial charge in [-0.2, -0.15) is 0 Å². The van der Waals surface area contributed by atoms with Crippen LogP contribution in [0.3, 0.4) is 0 Å². The summed E-state index contributed by atoms with van der Waals surface area (Å²) < 4.78 is 25.8. The molecule has 0 radical (unpaired) electrons. The molecule has 2 rings (SSSR count). The third-order valence-corrected chi connectivity index (χ3v) is 2.98. The molecule has 1 heterocycles. The highest BCUT2D eigenvalue weighted by Crippen LogP contribution is 2.27. The van der Waals surface area contributed by atoms with Gasteiger partial charge in [0, 0.05) is 10.4 Å². The van der Waals surface area contributed by atoms with Crippen molar-refractivity contribution in [2.24, 2.45) is 0 Å². The molecule has 1 aromatic heterocycles. The van der Waals surface area contributed by atoms with Gasteiger partial charge in [-0.1, -0.05) is 0 Å². The number of benzene rings is 1. The van der Waals surface area contributed by atoms with Crippen molar-refractivity contribution in [2.75, 3.05) is 0 Å². The van der Waals surface area contributed by atoms with E-state index in [9.17, 15) is 13.6 Å². The van der Waals surface area contributed by atoms with Gasteiger partial charge in [0.1, 0.15) is 0 Å². The first-order valence-corrected chi connectivity index (χ1v) is 5.55. The van der Waals surface area contributed by atoms with E-state index in [0.29, 0.717) is 16.1 Å². The fourth-order valence-corrected chi connectivity index (χ4v) is 2.19. The number of halogens is 2. The van der Waals surface area contributed by atoms with Gasteiger partial charge in [0.15, 0.2) is 11.6 Å². The molecule has 0 saturated heterocycles. The zero-order chi connectivity index (χ0) is 12.4. The summed E-state index contributed by atoms with van der Waals surface area (Å²) in [5, 5.41) is 8.70. The van der Waals surface area contributed by atoms with E-state index in [0.717, 1.165) is 12.1 Å². The molecule has 0 spiro atoms. The SMILES string of the molecule is O=C(O)Cc1scnc1-c1ccc(F)c(F)c1. The second kappa shape index (κ2) is 4.58. The minimum atomic E-state index is -0.988. The van der Waals surface area contributed by atoms with Gasteiger partial charge in [0.25, 0.3) is 0 Å². The van der Waals surface area contributed by atoms with Gasteiger partial charge in [-0.15, -0.1) is 11.3 Å². The Kier molecular flexibility index (Phi) is 3.14. The van der Waals surface area contributed by atoms with Crippen LogP contribution in [0.5, 0.6) is 0 Å². The first-order valence-electron chi connectivity index (χ1n) is 4.67. The van der Waals surface area contributed by atoms with Crippen molar-refractivity contribution in [2.45, 2.75) is 6.42 Å². The summed E-state index contributed by atoms with van der Waals surface area (Å²) in [6.07, 6.45) is -0.182. The maximum atomic E-state index is 13.0. The van der Waals surface area contributed by atoms with Crippen LogP contribution in [-0.4, -0.2) is 16.1 Å². The van der Waals surface area contributed by atoms with E-state index in [1.165, 1.54) is 22.9 Å². The summed E-state index contributed by atoms with van der Waals surface area (Å²) in [6.45, 7) is 0. The fourth-order valence-electron chi connectivity index (χ4n) is 1.41. The van der Waals surface area contributed by atoms with Crippen molar-refractivity contribution in [1.29, 1.82) is 0 Å². The fraction of sp³-hybridized carbons (Fsp3) is 0.0909. The smallest absolute Gasteiger partial charge is 0.308 e. The molecule has 1 aromatic carbocycles. The molecule has 0 unspecified atom stereocenters. The molecule has 17 heavy (non-hydrogen) atoms. The molecule has 2 aromatic rings. The molecule has 0 aliphatic rings. The predicted molar refractivity (Wildman–Crippen MR) is 58.8 cm³/mol. The Labute approximate surface area is 99.4 Å². The first kappa shape index (κ1) is 11.7. The van der Waals surface area contributed by atoms with E-state index in [1.54, 1.807) is 0 Å². The largest absolute Gasteiger partial charge is 0.481 e. The molecule has 0 bridgehead atoms. The summed E-state index contributed by atoms with van der Waals surface area (Å²) >= 11 is 1.17. The van der Waals surface area contributed by atoms with Gasteiger partial charge >= 0.3 is 5.97 Å². The van der Waals surface area contributed by atoms with Gasteiger partial charge in [-0.25, -0.2) is 13.8 Å². The van der Waals surface area contributed by atoms with Crippen molar-refractivity contribution in [3.8, 4) is 11.3 Å². The van der Waals surface area contributed by atoms with E-state index < -0.39 is 17.6 Å². The number of rotatable bonds is 3. The lowest BCUT2D eigenvalue weighted by Crippen LogP contribution is -1.99. The van der Waals surface area contributed by atoms with Crippen LogP contribution >= 0.6 is 11.3 Å². The first-order chi connectivity index (χ1) is 8.08. The summed E-state index contributed by atoms with van der Waals surface area (Å²) in [5.41, 5.74) is 2.24. The second-order valence-electron chi connectivity index (χ2n) is 3.32. The molecule has 0 aliphatic heterocycles. The van der Waals surface area contributed by atoms with Crippen molar-refractivity contribution < 1.29 is 18.7 Å². The Balaban J connectivity index is 2.42. The van der Waals surface area contributed by atoms with Crippen LogP contribution in [0.25, 0.3) is 11.3 Å². The average Bonchev–Trinajstić information content (AvgIpc) is 2.69. The standard InChI is InChI=1S/C11H7F2NO2S/c12-7-2-1-6(3-8(7)13)11-9(4-10(15)16)17-5-14-11/h1-3,5H,4H2,(H,15,16). The number of carboxylic acids is 1. The van der Waals surface area contributed by atoms with Crippen LogP contribution in [0.2, 0.25) is 0 Å². The Morgan fingerprint density at radius 1 is 1.35 bits per heavy atom. The molecular formula is C11H7F2NO2S. The predicted octanol–water partition coefficient (Wildman–Crippen LogP) is 2.72. The van der Waals surface area contributed by atoms with E-state index in [-0.39, 0.29) is 6.42 Å². The summed E-state index contributed by atoms with van der Waals surface area (Å²) in [4.78, 5) is 15.1. The molecule has 0 atom stereocenters. The zero-order valence-corrected chi connectivity index (χ0v) is 9.30. The number of aliphatic carboxylic acids is 1. The molecule has 0 amide bonds. The van der Waals surface area contributed by atoms with Crippen LogP contribution in [0.1, 0.15) is 4.88 Å². The molecule has 88 valence electrons. The zero-order valence-electron chi connectivity index (χ0n) is 8.48. The normalized spacial score (nSPS) is 10.5. The third-order valence-electron chi connectivity index (χ3n) is 2.15. The molecule has 0 saturated carbocycles. The minimum absolute atomic E-state index is 0.182. The molecular weight excluding hydrogens is 248 g/mol. The topological polar surface area (TPSA) is 50.2 Å². The van der Waals surface area contributed by atoms with Gasteiger partial charge in [0.05, 0.1) is 17.6 Å². The maximum Gasteiger partial charge on any atom is 0.308 e. The Morgan fingerprint density at radius 3 is 2.76 bits per heavy atom. The highest BCUT2D eigenvalue weighted by molar-refractivity contribution is 7.10. The second-order valence-corrected chi connectivity index (χ2v) is 4.26. The molecule has 0 fully saturated rings. The number of aromatic nitrogens is 1. The Bertz CT molecular complexity index is 568. The van der Waals surface area contributed by atoms with E-state index in [4.69, 9.17) is 5.11 Å². The Hall–Kier alpha value is -1.82. The lowest BCUT2D eigenvalue weighted by molar-refractivity contribution is -0.136. The van der Waals surface area contributed by atoms with Gasteiger partial charge in [-0.3, -0.25) is 4.79 Å². The number of carbonyl (C=O) groups is 1. The molecule has 0 aliphatic carbocycles. The lowest BCUT2D eigenvalue weighted by Gasteiger charge is -2.01. The summed E-state index contributed by atoms with van der Waals surface area (Å²) in [6, 6.07) is 3.38. The molecule has 6 heteroatoms. The number of hydrogen-bond donors (Lipinski definition) is 1. The van der Waals surface area contributed by atoms with Crippen LogP contribution < -0.4 is 0 Å². The van der Waals surface area contributed by atoms with Crippen molar-refractivity contribution in [3.05, 3.63) is 40.2 Å². The Morgan fingerprint density at radius 2 is 2.12 bits per heavy atom. The molecule has 3 nitrogen and oxygen atoms in total. The van der Waals surface area contributed by atoms with Crippen molar-refractivity contribution in [3.63, 3.8) is 0 Å². The number of hydrogen-bond acceptors (Lipinski definition) is 3. The van der Waals surface area contributed by atoms with Crippen molar-refractivity contribution in [1.82, 2.24) is 4.98 Å². The van der Waals surface area contributed by atoms with Crippen LogP contribution in [0.4, 0.5) is 8.78 Å². The van der Waals surface area contributed by atoms with E-state index in [2.05, 4.69) is 4.98 Å². The van der Waals surface area contributed by atoms with Crippen LogP contribution in [0, 0.1) is 11.6 Å². The highest BCUT2D eigenvalue weighted by Gasteiger charge is 2.13. The maximum absolute atomic E-state index is 13.0. The average molecular weight is 255 g/mol. The molecule has 1 N–H and O–H groups in total. The summed E-state index contributed by atoms with van der Waals surface area (Å²) in [7, 11) is 0. The van der Waals surface area contributed by atoms with Gasteiger partial charge in [-0.05, 0) is 18.2 Å². The minimum Gasteiger partial charge on any atom is -0.481 e. The number of nitrogens with zero attached hydrogens (tertiary/aromatic N) is 1. The van der Waals surface area contributed by atoms with Gasteiger partial charge in [0.2, 0.25) is 0 Å². The van der Waals surface area contributed by atoms with Gasteiger partial charge < -0.3 is 5.11 Å². The number of thiazole rings is 1. The lowest BCUT2D eigenvalue weighted by atomic mass is 10.1. The van der Waals surface area contributed by atoms with E-state index in [1.807, 2.05) is 0 Å². The summed E-state index contributed by atoms with van der Waals surface area (Å²) in [5.74, 6) is -2.90. The monoisotopic (exact) mass is 255 g/mol. The quantitative estimate of drug-likeness (QED) is 0.917. The number of carboxylic acid groups (broad SMARTS) is 1.